The molecule has 0 spiro atoms. The highest BCUT2D eigenvalue weighted by molar-refractivity contribution is 5.97. The molecule has 2 rings (SSSR count). The molecule has 19 heavy (non-hydrogen) atoms. The van der Waals surface area contributed by atoms with Gasteiger partial charge in [0.25, 0.3) is 5.91 Å². The molecule has 9 nitrogen and oxygen atoms in total. The van der Waals surface area contributed by atoms with E-state index in [2.05, 4.69) is 10.4 Å². The van der Waals surface area contributed by atoms with Crippen molar-refractivity contribution in [2.75, 3.05) is 33.0 Å². The Labute approximate surface area is 109 Å². The number of hydrogen-bond donors (Lipinski definition) is 1. The fraction of sp³-hybridized carbons (Fsp3) is 0.600. The van der Waals surface area contributed by atoms with Gasteiger partial charge in [0.2, 0.25) is 0 Å². The van der Waals surface area contributed by atoms with E-state index in [1.165, 1.54) is 17.9 Å². The van der Waals surface area contributed by atoms with Gasteiger partial charge in [-0.05, 0) is 4.92 Å². The maximum Gasteiger partial charge on any atom is 0.402 e. The van der Waals surface area contributed by atoms with Crippen LogP contribution < -0.4 is 5.32 Å². The van der Waals surface area contributed by atoms with E-state index in [4.69, 9.17) is 4.74 Å². The molecule has 0 unspecified atom stereocenters. The number of morpholine rings is 1. The standard InChI is InChI=1S/C10H15N5O4/c1-13-6-8(9(12-13)15(17)18)10(16)11-7-14-2-4-19-5-3-14/h6H,2-5,7H2,1H3,(H,11,16). The van der Waals surface area contributed by atoms with Gasteiger partial charge in [-0.25, -0.2) is 0 Å². The highest BCUT2D eigenvalue weighted by atomic mass is 16.6. The Morgan fingerprint density at radius 2 is 2.26 bits per heavy atom. The topological polar surface area (TPSA) is 103 Å². The van der Waals surface area contributed by atoms with E-state index < -0.39 is 16.6 Å². The molecule has 0 saturated carbocycles. The zero-order valence-electron chi connectivity index (χ0n) is 10.5. The summed E-state index contributed by atoms with van der Waals surface area (Å²) in [6.07, 6.45) is 1.34. The van der Waals surface area contributed by atoms with E-state index in [-0.39, 0.29) is 5.56 Å². The van der Waals surface area contributed by atoms with E-state index in [0.29, 0.717) is 19.9 Å². The van der Waals surface area contributed by atoms with E-state index in [0.717, 1.165) is 13.1 Å². The fourth-order valence-electron chi connectivity index (χ4n) is 1.81. The van der Waals surface area contributed by atoms with Crippen LogP contribution in [0.3, 0.4) is 0 Å². The summed E-state index contributed by atoms with van der Waals surface area (Å²) < 4.78 is 6.44. The number of rotatable bonds is 4. The van der Waals surface area contributed by atoms with Crippen molar-refractivity contribution in [3.05, 3.63) is 21.9 Å². The first-order valence-corrected chi connectivity index (χ1v) is 5.84. The molecule has 0 bridgehead atoms. The average molecular weight is 269 g/mol. The van der Waals surface area contributed by atoms with Crippen molar-refractivity contribution in [2.24, 2.45) is 7.05 Å². The predicted octanol–water partition coefficient (Wildman–Crippen LogP) is -0.652. The Bertz CT molecular complexity index is 480. The van der Waals surface area contributed by atoms with Gasteiger partial charge < -0.3 is 20.2 Å². The smallest absolute Gasteiger partial charge is 0.379 e. The lowest BCUT2D eigenvalue weighted by atomic mass is 10.3. The third kappa shape index (κ3) is 3.26. The van der Waals surface area contributed by atoms with Crippen molar-refractivity contribution < 1.29 is 14.5 Å². The van der Waals surface area contributed by atoms with Crippen LogP contribution in [0.5, 0.6) is 0 Å². The van der Waals surface area contributed by atoms with Crippen LogP contribution in [0.4, 0.5) is 5.82 Å². The molecule has 0 aliphatic carbocycles. The highest BCUT2D eigenvalue weighted by Crippen LogP contribution is 2.14. The van der Waals surface area contributed by atoms with Crippen LogP contribution in [0.2, 0.25) is 0 Å². The van der Waals surface area contributed by atoms with Gasteiger partial charge in [-0.15, -0.1) is 0 Å². The second kappa shape index (κ2) is 5.76. The van der Waals surface area contributed by atoms with Crippen molar-refractivity contribution in [3.8, 4) is 0 Å². The maximum atomic E-state index is 11.9. The van der Waals surface area contributed by atoms with Gasteiger partial charge >= 0.3 is 5.82 Å². The molecule has 1 fully saturated rings. The summed E-state index contributed by atoms with van der Waals surface area (Å²) in [5.74, 6) is -0.923. The monoisotopic (exact) mass is 269 g/mol. The van der Waals surface area contributed by atoms with Crippen molar-refractivity contribution in [1.29, 1.82) is 0 Å². The Hall–Kier alpha value is -2.00. The number of nitrogens with one attached hydrogen (secondary N) is 1. The normalized spacial score (nSPS) is 16.3. The molecule has 1 N–H and O–H groups in total. The van der Waals surface area contributed by atoms with Gasteiger partial charge in [0, 0.05) is 13.1 Å². The van der Waals surface area contributed by atoms with Crippen molar-refractivity contribution >= 4 is 11.7 Å². The lowest BCUT2D eigenvalue weighted by molar-refractivity contribution is -0.390. The van der Waals surface area contributed by atoms with Gasteiger partial charge in [0.05, 0.1) is 38.2 Å². The quantitative estimate of drug-likeness (QED) is 0.575. The lowest BCUT2D eigenvalue weighted by Crippen LogP contribution is -2.43. The van der Waals surface area contributed by atoms with Gasteiger partial charge in [-0.3, -0.25) is 9.69 Å². The van der Waals surface area contributed by atoms with E-state index in [1.807, 2.05) is 4.90 Å². The number of nitrogens with zero attached hydrogens (tertiary/aromatic N) is 4. The van der Waals surface area contributed by atoms with Gasteiger partial charge in [0.1, 0.15) is 0 Å². The Morgan fingerprint density at radius 3 is 2.89 bits per heavy atom. The SMILES string of the molecule is Cn1cc(C(=O)NCN2CCOCC2)c([N+](=O)[O-])n1. The zero-order valence-corrected chi connectivity index (χ0v) is 10.5. The number of ether oxygens (including phenoxy) is 1. The first-order chi connectivity index (χ1) is 9.08. The minimum Gasteiger partial charge on any atom is -0.379 e. The molecule has 2 heterocycles. The fourth-order valence-corrected chi connectivity index (χ4v) is 1.81. The predicted molar refractivity (Wildman–Crippen MR) is 64.6 cm³/mol. The number of nitro groups is 1. The van der Waals surface area contributed by atoms with Crippen LogP contribution in [0.1, 0.15) is 10.4 Å². The molecular weight excluding hydrogens is 254 g/mol. The second-order valence-electron chi connectivity index (χ2n) is 4.19. The Kier molecular flexibility index (Phi) is 4.07. The maximum absolute atomic E-state index is 11.9. The van der Waals surface area contributed by atoms with Crippen molar-refractivity contribution in [3.63, 3.8) is 0 Å². The third-order valence-corrected chi connectivity index (χ3v) is 2.79. The highest BCUT2D eigenvalue weighted by Gasteiger charge is 2.25. The zero-order chi connectivity index (χ0) is 13.8. The minimum atomic E-state index is -0.663. The molecular formula is C10H15N5O4. The van der Waals surface area contributed by atoms with Crippen LogP contribution in [0.25, 0.3) is 0 Å². The van der Waals surface area contributed by atoms with E-state index in [9.17, 15) is 14.9 Å². The summed E-state index contributed by atoms with van der Waals surface area (Å²) >= 11 is 0. The molecule has 1 aliphatic rings. The molecule has 1 amide bonds. The number of amides is 1. The molecule has 1 aromatic heterocycles. The molecule has 104 valence electrons. The first kappa shape index (κ1) is 13.4. The van der Waals surface area contributed by atoms with E-state index in [1.54, 1.807) is 0 Å². The molecule has 1 saturated heterocycles. The molecule has 0 atom stereocenters. The average Bonchev–Trinajstić information content (AvgIpc) is 2.79. The molecule has 1 aliphatic heterocycles. The van der Waals surface area contributed by atoms with Crippen molar-refractivity contribution in [1.82, 2.24) is 20.0 Å². The Balaban J connectivity index is 1.97. The van der Waals surface area contributed by atoms with Crippen LogP contribution in [0.15, 0.2) is 6.20 Å². The number of aryl methyl sites for hydroxylation is 1. The van der Waals surface area contributed by atoms with Crippen LogP contribution in [-0.2, 0) is 11.8 Å². The summed E-state index contributed by atoms with van der Waals surface area (Å²) in [5.41, 5.74) is -0.0271. The van der Waals surface area contributed by atoms with Crippen molar-refractivity contribution in [2.45, 2.75) is 0 Å². The van der Waals surface area contributed by atoms with Crippen LogP contribution in [0, 0.1) is 10.1 Å². The second-order valence-corrected chi connectivity index (χ2v) is 4.19. The third-order valence-electron chi connectivity index (χ3n) is 2.79. The summed E-state index contributed by atoms with van der Waals surface area (Å²) in [6.45, 7) is 3.06. The molecule has 0 radical (unpaired) electrons. The first-order valence-electron chi connectivity index (χ1n) is 5.84. The number of hydrogen-bond acceptors (Lipinski definition) is 6. The van der Waals surface area contributed by atoms with E-state index >= 15 is 0 Å². The van der Waals surface area contributed by atoms with Crippen LogP contribution in [-0.4, -0.2) is 58.5 Å². The summed E-state index contributed by atoms with van der Waals surface area (Å²) in [4.78, 5) is 24.0. The summed E-state index contributed by atoms with van der Waals surface area (Å²) in [6, 6.07) is 0. The molecule has 9 heteroatoms. The molecule has 1 aromatic rings. The molecule has 0 aromatic carbocycles. The van der Waals surface area contributed by atoms with Crippen LogP contribution >= 0.6 is 0 Å². The van der Waals surface area contributed by atoms with Gasteiger partial charge in [-0.2, -0.15) is 4.68 Å². The minimum absolute atomic E-state index is 0.0271. The summed E-state index contributed by atoms with van der Waals surface area (Å²) in [7, 11) is 1.53. The Morgan fingerprint density at radius 1 is 1.58 bits per heavy atom. The van der Waals surface area contributed by atoms with Gasteiger partial charge in [-0.1, -0.05) is 0 Å². The lowest BCUT2D eigenvalue weighted by Gasteiger charge is -2.26. The number of carbonyl (C=O) groups excluding carboxylic acids is 1. The summed E-state index contributed by atoms with van der Waals surface area (Å²) in [5, 5.41) is 17.1. The van der Waals surface area contributed by atoms with Gasteiger partial charge in [0.15, 0.2) is 5.56 Å². The number of aromatic nitrogens is 2. The number of carbonyl (C=O) groups is 1. The largest absolute Gasteiger partial charge is 0.402 e.